The van der Waals surface area contributed by atoms with Crippen LogP contribution < -0.4 is 9.47 Å². The molecule has 3 rings (SSSR count). The Balaban J connectivity index is 1.63. The van der Waals surface area contributed by atoms with Crippen LogP contribution in [0.3, 0.4) is 0 Å². The number of aliphatic hydroxyl groups is 1. The van der Waals surface area contributed by atoms with E-state index in [2.05, 4.69) is 17.0 Å². The summed E-state index contributed by atoms with van der Waals surface area (Å²) in [6.45, 7) is 1.52. The molecule has 0 spiro atoms. The van der Waals surface area contributed by atoms with E-state index in [9.17, 15) is 9.50 Å². The van der Waals surface area contributed by atoms with Crippen LogP contribution in [0.4, 0.5) is 4.39 Å². The number of halogens is 1. The molecule has 27 heavy (non-hydrogen) atoms. The van der Waals surface area contributed by atoms with Crippen LogP contribution in [0, 0.1) is 5.82 Å². The number of hydrogen-bond donors (Lipinski definition) is 1. The van der Waals surface area contributed by atoms with E-state index in [0.717, 1.165) is 25.1 Å². The first-order valence-electron chi connectivity index (χ1n) is 9.61. The van der Waals surface area contributed by atoms with Gasteiger partial charge in [-0.2, -0.15) is 0 Å². The molecule has 0 radical (unpaired) electrons. The Hall–Kier alpha value is -2.11. The van der Waals surface area contributed by atoms with Crippen LogP contribution in [0.25, 0.3) is 0 Å². The number of benzene rings is 2. The highest BCUT2D eigenvalue weighted by Gasteiger charge is 2.25. The van der Waals surface area contributed by atoms with Crippen molar-refractivity contribution >= 4 is 0 Å². The third-order valence-electron chi connectivity index (χ3n) is 5.08. The summed E-state index contributed by atoms with van der Waals surface area (Å²) in [7, 11) is 1.67. The zero-order valence-electron chi connectivity index (χ0n) is 15.8. The number of nitrogens with zero attached hydrogens (tertiary/aromatic N) is 1. The standard InChI is InChI=1S/C22H28FNO3/c1-26-19-12-10-17(11-13-19)21-8-3-2-6-14-24(21)15-18(25)16-27-22-9-5-4-7-20(22)23/h4-5,7,9-13,18,21,25H,2-3,6,8,14-16H2,1H3/t18-,21+/m0/s1. The smallest absolute Gasteiger partial charge is 0.165 e. The molecule has 0 amide bonds. The lowest BCUT2D eigenvalue weighted by Crippen LogP contribution is -2.38. The Morgan fingerprint density at radius 1 is 1.11 bits per heavy atom. The molecule has 1 aliphatic rings. The third-order valence-corrected chi connectivity index (χ3v) is 5.08. The molecule has 0 bridgehead atoms. The predicted molar refractivity (Wildman–Crippen MR) is 104 cm³/mol. The van der Waals surface area contributed by atoms with Crippen molar-refractivity contribution in [3.05, 3.63) is 59.9 Å². The van der Waals surface area contributed by atoms with Gasteiger partial charge in [0, 0.05) is 12.6 Å². The molecule has 2 atom stereocenters. The molecule has 5 heteroatoms. The summed E-state index contributed by atoms with van der Waals surface area (Å²) in [6.07, 6.45) is 3.88. The maximum Gasteiger partial charge on any atom is 0.165 e. The maximum absolute atomic E-state index is 13.7. The number of β-amino-alcohol motifs (C(OH)–C–C–N with tert-alkyl or cyclic N) is 1. The van der Waals surface area contributed by atoms with E-state index in [1.165, 1.54) is 24.5 Å². The van der Waals surface area contributed by atoms with Crippen molar-refractivity contribution < 1.29 is 19.0 Å². The average Bonchev–Trinajstić information content (AvgIpc) is 2.93. The molecule has 1 saturated heterocycles. The van der Waals surface area contributed by atoms with Gasteiger partial charge in [-0.15, -0.1) is 0 Å². The first-order chi connectivity index (χ1) is 13.2. The average molecular weight is 373 g/mol. The van der Waals surface area contributed by atoms with Crippen molar-refractivity contribution in [1.82, 2.24) is 4.90 Å². The first-order valence-corrected chi connectivity index (χ1v) is 9.61. The quantitative estimate of drug-likeness (QED) is 0.790. The number of likely N-dealkylation sites (tertiary alicyclic amines) is 1. The fourth-order valence-electron chi connectivity index (χ4n) is 3.66. The SMILES string of the molecule is COc1ccc([C@H]2CCCCCN2C[C@H](O)COc2ccccc2F)cc1. The number of para-hydroxylation sites is 1. The fraction of sp³-hybridized carbons (Fsp3) is 0.455. The number of hydrogen-bond acceptors (Lipinski definition) is 4. The summed E-state index contributed by atoms with van der Waals surface area (Å²) in [5, 5.41) is 10.5. The van der Waals surface area contributed by atoms with Gasteiger partial charge in [0.1, 0.15) is 18.5 Å². The summed E-state index contributed by atoms with van der Waals surface area (Å²) in [4.78, 5) is 2.32. The zero-order chi connectivity index (χ0) is 19.1. The van der Waals surface area contributed by atoms with Crippen molar-refractivity contribution in [3.8, 4) is 11.5 Å². The normalized spacial score (nSPS) is 19.3. The molecule has 0 unspecified atom stereocenters. The van der Waals surface area contributed by atoms with Crippen molar-refractivity contribution in [1.29, 1.82) is 0 Å². The maximum atomic E-state index is 13.7. The molecule has 0 aromatic heterocycles. The fourth-order valence-corrected chi connectivity index (χ4v) is 3.66. The number of rotatable bonds is 7. The highest BCUT2D eigenvalue weighted by Crippen LogP contribution is 2.31. The second kappa shape index (κ2) is 9.72. The van der Waals surface area contributed by atoms with Crippen LogP contribution in [0.15, 0.2) is 48.5 Å². The van der Waals surface area contributed by atoms with Gasteiger partial charge in [0.15, 0.2) is 11.6 Å². The molecule has 1 heterocycles. The molecule has 0 aliphatic carbocycles. The van der Waals surface area contributed by atoms with E-state index < -0.39 is 11.9 Å². The van der Waals surface area contributed by atoms with E-state index in [1.54, 1.807) is 25.3 Å². The lowest BCUT2D eigenvalue weighted by atomic mass is 10.0. The number of ether oxygens (including phenoxy) is 2. The highest BCUT2D eigenvalue weighted by atomic mass is 19.1. The molecule has 1 aliphatic heterocycles. The second-order valence-corrected chi connectivity index (χ2v) is 7.03. The molecule has 146 valence electrons. The van der Waals surface area contributed by atoms with E-state index in [-0.39, 0.29) is 18.4 Å². The summed E-state index contributed by atoms with van der Waals surface area (Å²) >= 11 is 0. The molecule has 4 nitrogen and oxygen atoms in total. The first kappa shape index (κ1) is 19.6. The lowest BCUT2D eigenvalue weighted by Gasteiger charge is -2.32. The van der Waals surface area contributed by atoms with Crippen molar-refractivity contribution in [2.75, 3.05) is 26.8 Å². The minimum Gasteiger partial charge on any atom is -0.497 e. The van der Waals surface area contributed by atoms with Crippen molar-refractivity contribution in [2.24, 2.45) is 0 Å². The van der Waals surface area contributed by atoms with Gasteiger partial charge in [0.2, 0.25) is 0 Å². The minimum atomic E-state index is -0.677. The number of methoxy groups -OCH3 is 1. The summed E-state index contributed by atoms with van der Waals surface area (Å²) in [5.74, 6) is 0.618. The van der Waals surface area contributed by atoms with Gasteiger partial charge in [-0.3, -0.25) is 4.90 Å². The Kier molecular flexibility index (Phi) is 7.07. The topological polar surface area (TPSA) is 41.9 Å². The Morgan fingerprint density at radius 2 is 1.89 bits per heavy atom. The molecular weight excluding hydrogens is 345 g/mol. The van der Waals surface area contributed by atoms with E-state index in [1.807, 2.05) is 12.1 Å². The monoisotopic (exact) mass is 373 g/mol. The van der Waals surface area contributed by atoms with Gasteiger partial charge < -0.3 is 14.6 Å². The molecule has 1 fully saturated rings. The molecule has 1 N–H and O–H groups in total. The van der Waals surface area contributed by atoms with Crippen LogP contribution in [-0.2, 0) is 0 Å². The largest absolute Gasteiger partial charge is 0.497 e. The summed E-state index contributed by atoms with van der Waals surface area (Å²) in [6, 6.07) is 14.7. The summed E-state index contributed by atoms with van der Waals surface area (Å²) < 4.78 is 24.4. The minimum absolute atomic E-state index is 0.0762. The van der Waals surface area contributed by atoms with Gasteiger partial charge in [-0.1, -0.05) is 37.1 Å². The van der Waals surface area contributed by atoms with E-state index in [4.69, 9.17) is 9.47 Å². The zero-order valence-corrected chi connectivity index (χ0v) is 15.8. The molecule has 2 aromatic rings. The lowest BCUT2D eigenvalue weighted by molar-refractivity contribution is 0.0514. The molecular formula is C22H28FNO3. The molecule has 0 saturated carbocycles. The highest BCUT2D eigenvalue weighted by molar-refractivity contribution is 5.29. The predicted octanol–water partition coefficient (Wildman–Crippen LogP) is 4.19. The van der Waals surface area contributed by atoms with Crippen molar-refractivity contribution in [3.63, 3.8) is 0 Å². The van der Waals surface area contributed by atoms with Gasteiger partial charge in [0.05, 0.1) is 7.11 Å². The van der Waals surface area contributed by atoms with E-state index >= 15 is 0 Å². The third kappa shape index (κ3) is 5.44. The van der Waals surface area contributed by atoms with E-state index in [0.29, 0.717) is 6.54 Å². The summed E-state index contributed by atoms with van der Waals surface area (Å²) in [5.41, 5.74) is 1.24. The van der Waals surface area contributed by atoms with Gasteiger partial charge >= 0.3 is 0 Å². The Bertz CT molecular complexity index is 707. The van der Waals surface area contributed by atoms with Crippen LogP contribution in [0.5, 0.6) is 11.5 Å². The van der Waals surface area contributed by atoms with Crippen LogP contribution in [0.1, 0.15) is 37.3 Å². The Morgan fingerprint density at radius 3 is 2.63 bits per heavy atom. The molecule has 2 aromatic carbocycles. The Labute approximate surface area is 160 Å². The van der Waals surface area contributed by atoms with Gasteiger partial charge in [0.25, 0.3) is 0 Å². The van der Waals surface area contributed by atoms with Crippen LogP contribution in [0.2, 0.25) is 0 Å². The van der Waals surface area contributed by atoms with Crippen molar-refractivity contribution in [2.45, 2.75) is 37.8 Å². The van der Waals surface area contributed by atoms with Gasteiger partial charge in [-0.05, 0) is 49.2 Å². The van der Waals surface area contributed by atoms with Gasteiger partial charge in [-0.25, -0.2) is 4.39 Å². The van der Waals surface area contributed by atoms with Crippen LogP contribution in [-0.4, -0.2) is 42.9 Å². The number of aliphatic hydroxyl groups excluding tert-OH is 1. The van der Waals surface area contributed by atoms with Crippen LogP contribution >= 0.6 is 0 Å². The second-order valence-electron chi connectivity index (χ2n) is 7.03.